The normalized spacial score (nSPS) is 11.0. The molecule has 0 atom stereocenters. The van der Waals surface area contributed by atoms with Gasteiger partial charge in [-0.15, -0.1) is 0 Å². The summed E-state index contributed by atoms with van der Waals surface area (Å²) in [5.41, 5.74) is 0.553. The first-order valence-electron chi connectivity index (χ1n) is 6.98. The molecule has 0 radical (unpaired) electrons. The van der Waals surface area contributed by atoms with Gasteiger partial charge in [-0.05, 0) is 19.1 Å². The number of carbonyl (C=O) groups excluding carboxylic acids is 1. The predicted molar refractivity (Wildman–Crippen MR) is 82.4 cm³/mol. The molecule has 0 saturated carbocycles. The fourth-order valence-electron chi connectivity index (χ4n) is 1.56. The van der Waals surface area contributed by atoms with Gasteiger partial charge in [-0.3, -0.25) is 14.8 Å². The second-order valence-corrected chi connectivity index (χ2v) is 4.12. The molecule has 116 valence electrons. The summed E-state index contributed by atoms with van der Waals surface area (Å²) in [6.07, 6.45) is 3.17. The first-order valence-corrected chi connectivity index (χ1v) is 6.98. The molecule has 1 heterocycles. The maximum atomic E-state index is 11.8. The summed E-state index contributed by atoms with van der Waals surface area (Å²) in [7, 11) is 1.70. The molecule has 0 aliphatic carbocycles. The number of hydrogen-bond donors (Lipinski definition) is 3. The van der Waals surface area contributed by atoms with E-state index in [0.29, 0.717) is 44.4 Å². The van der Waals surface area contributed by atoms with Crippen molar-refractivity contribution in [3.63, 3.8) is 0 Å². The summed E-state index contributed by atoms with van der Waals surface area (Å²) in [5.74, 6) is 0.550. The van der Waals surface area contributed by atoms with Crippen molar-refractivity contribution in [3.8, 4) is 0 Å². The Kier molecular flexibility index (Phi) is 8.54. The van der Waals surface area contributed by atoms with Crippen molar-refractivity contribution in [2.75, 3.05) is 39.9 Å². The number of pyridine rings is 1. The monoisotopic (exact) mass is 293 g/mol. The van der Waals surface area contributed by atoms with Crippen molar-refractivity contribution in [1.82, 2.24) is 20.9 Å². The molecule has 21 heavy (non-hydrogen) atoms. The average molecular weight is 293 g/mol. The summed E-state index contributed by atoms with van der Waals surface area (Å²) in [5, 5.41) is 9.03. The highest BCUT2D eigenvalue weighted by atomic mass is 16.5. The van der Waals surface area contributed by atoms with Crippen LogP contribution in [-0.2, 0) is 4.74 Å². The van der Waals surface area contributed by atoms with E-state index in [1.165, 1.54) is 6.20 Å². The van der Waals surface area contributed by atoms with E-state index in [1.54, 1.807) is 25.4 Å². The number of ether oxygens (including phenoxy) is 1. The molecule has 1 amide bonds. The third-order valence-corrected chi connectivity index (χ3v) is 2.59. The Morgan fingerprint density at radius 3 is 2.71 bits per heavy atom. The number of aromatic nitrogens is 1. The third kappa shape index (κ3) is 7.26. The van der Waals surface area contributed by atoms with Crippen LogP contribution in [0.25, 0.3) is 0 Å². The van der Waals surface area contributed by atoms with E-state index in [2.05, 4.69) is 25.9 Å². The maximum absolute atomic E-state index is 11.8. The lowest BCUT2D eigenvalue weighted by atomic mass is 10.3. The molecule has 0 aromatic carbocycles. The molecule has 1 aromatic heterocycles. The van der Waals surface area contributed by atoms with Crippen molar-refractivity contribution in [2.24, 2.45) is 4.99 Å². The van der Waals surface area contributed by atoms with E-state index < -0.39 is 0 Å². The number of amides is 1. The molecule has 0 aliphatic heterocycles. The molecule has 0 bridgehead atoms. The van der Waals surface area contributed by atoms with Gasteiger partial charge in [-0.1, -0.05) is 0 Å². The summed E-state index contributed by atoms with van der Waals surface area (Å²) in [4.78, 5) is 19.7. The average Bonchev–Trinajstić information content (AvgIpc) is 2.54. The van der Waals surface area contributed by atoms with Gasteiger partial charge in [-0.2, -0.15) is 0 Å². The number of hydrogen-bond acceptors (Lipinski definition) is 4. The summed E-state index contributed by atoms with van der Waals surface area (Å²) in [6.45, 7) is 5.07. The van der Waals surface area contributed by atoms with Crippen molar-refractivity contribution >= 4 is 11.9 Å². The summed E-state index contributed by atoms with van der Waals surface area (Å²) >= 11 is 0. The van der Waals surface area contributed by atoms with Gasteiger partial charge < -0.3 is 20.7 Å². The molecule has 7 nitrogen and oxygen atoms in total. The molecule has 0 saturated heterocycles. The topological polar surface area (TPSA) is 87.6 Å². The van der Waals surface area contributed by atoms with Gasteiger partial charge in [0.15, 0.2) is 5.96 Å². The van der Waals surface area contributed by atoms with Crippen LogP contribution in [0, 0.1) is 0 Å². The maximum Gasteiger partial charge on any atom is 0.252 e. The van der Waals surface area contributed by atoms with Crippen LogP contribution in [-0.4, -0.2) is 56.7 Å². The fraction of sp³-hybridized carbons (Fsp3) is 0.500. The van der Waals surface area contributed by atoms with E-state index in [0.717, 1.165) is 0 Å². The van der Waals surface area contributed by atoms with Gasteiger partial charge in [0, 0.05) is 45.7 Å². The highest BCUT2D eigenvalue weighted by Gasteiger charge is 2.03. The zero-order valence-corrected chi connectivity index (χ0v) is 12.6. The number of carbonyl (C=O) groups is 1. The first-order chi connectivity index (χ1) is 10.3. The molecule has 0 unspecified atom stereocenters. The lowest BCUT2D eigenvalue weighted by molar-refractivity contribution is 0.0954. The minimum Gasteiger partial charge on any atom is -0.380 e. The van der Waals surface area contributed by atoms with Gasteiger partial charge in [0.2, 0.25) is 0 Å². The predicted octanol–water partition coefficient (Wildman–Crippen LogP) is 0.0129. The van der Waals surface area contributed by atoms with Gasteiger partial charge >= 0.3 is 0 Å². The second-order valence-electron chi connectivity index (χ2n) is 4.12. The minimum atomic E-state index is -0.135. The van der Waals surface area contributed by atoms with Crippen LogP contribution < -0.4 is 16.0 Å². The molecular formula is C14H23N5O2. The molecule has 7 heteroatoms. The molecular weight excluding hydrogens is 270 g/mol. The number of nitrogens with zero attached hydrogens (tertiary/aromatic N) is 2. The van der Waals surface area contributed by atoms with Crippen LogP contribution in [0.3, 0.4) is 0 Å². The van der Waals surface area contributed by atoms with E-state index in [4.69, 9.17) is 4.74 Å². The van der Waals surface area contributed by atoms with Crippen molar-refractivity contribution in [3.05, 3.63) is 30.1 Å². The lowest BCUT2D eigenvalue weighted by Gasteiger charge is -2.12. The van der Waals surface area contributed by atoms with E-state index in [1.807, 2.05) is 6.92 Å². The van der Waals surface area contributed by atoms with Crippen LogP contribution >= 0.6 is 0 Å². The number of aliphatic imine (C=N–C) groups is 1. The Bertz CT molecular complexity index is 436. The summed E-state index contributed by atoms with van der Waals surface area (Å²) < 4.78 is 5.23. The third-order valence-electron chi connectivity index (χ3n) is 2.59. The molecule has 0 fully saturated rings. The van der Waals surface area contributed by atoms with E-state index in [-0.39, 0.29) is 5.91 Å². The zero-order chi connectivity index (χ0) is 15.3. The van der Waals surface area contributed by atoms with Crippen LogP contribution in [0.2, 0.25) is 0 Å². The molecule has 1 rings (SSSR count). The number of rotatable bonds is 8. The molecule has 1 aromatic rings. The standard InChI is InChI=1S/C14H23N5O2/c1-3-21-10-9-19-14(15-2)18-8-7-17-13(20)12-5-4-6-16-11-12/h4-6,11H,3,7-10H2,1-2H3,(H,17,20)(H2,15,18,19). The van der Waals surface area contributed by atoms with E-state index >= 15 is 0 Å². The molecule has 0 aliphatic rings. The van der Waals surface area contributed by atoms with Crippen molar-refractivity contribution < 1.29 is 9.53 Å². The highest BCUT2D eigenvalue weighted by Crippen LogP contribution is 1.93. The van der Waals surface area contributed by atoms with Gasteiger partial charge in [0.25, 0.3) is 5.91 Å². The van der Waals surface area contributed by atoms with Gasteiger partial charge in [0.05, 0.1) is 12.2 Å². The number of guanidine groups is 1. The smallest absolute Gasteiger partial charge is 0.252 e. The summed E-state index contributed by atoms with van der Waals surface area (Å²) in [6, 6.07) is 3.46. The molecule has 3 N–H and O–H groups in total. The Morgan fingerprint density at radius 2 is 2.05 bits per heavy atom. The van der Waals surface area contributed by atoms with Crippen LogP contribution in [0.5, 0.6) is 0 Å². The second kappa shape index (κ2) is 10.6. The van der Waals surface area contributed by atoms with Crippen LogP contribution in [0.1, 0.15) is 17.3 Å². The number of nitrogens with one attached hydrogen (secondary N) is 3. The SMILES string of the molecule is CCOCCNC(=NC)NCCNC(=O)c1cccnc1. The van der Waals surface area contributed by atoms with Crippen molar-refractivity contribution in [2.45, 2.75) is 6.92 Å². The van der Waals surface area contributed by atoms with E-state index in [9.17, 15) is 4.79 Å². The quantitative estimate of drug-likeness (QED) is 0.357. The molecule has 0 spiro atoms. The lowest BCUT2D eigenvalue weighted by Crippen LogP contribution is -2.42. The Morgan fingerprint density at radius 1 is 1.29 bits per heavy atom. The first kappa shape index (κ1) is 16.9. The van der Waals surface area contributed by atoms with Crippen LogP contribution in [0.15, 0.2) is 29.5 Å². The fourth-order valence-corrected chi connectivity index (χ4v) is 1.56. The van der Waals surface area contributed by atoms with Gasteiger partial charge in [0.1, 0.15) is 0 Å². The zero-order valence-electron chi connectivity index (χ0n) is 12.6. The Labute approximate surface area is 125 Å². The Hall–Kier alpha value is -2.15. The van der Waals surface area contributed by atoms with Crippen molar-refractivity contribution in [1.29, 1.82) is 0 Å². The van der Waals surface area contributed by atoms with Gasteiger partial charge in [-0.25, -0.2) is 0 Å². The Balaban J connectivity index is 2.16. The van der Waals surface area contributed by atoms with Crippen LogP contribution in [0.4, 0.5) is 0 Å². The largest absolute Gasteiger partial charge is 0.380 e. The minimum absolute atomic E-state index is 0.135. The highest BCUT2D eigenvalue weighted by molar-refractivity contribution is 5.93.